The van der Waals surface area contributed by atoms with Gasteiger partial charge in [0, 0.05) is 0 Å². The van der Waals surface area contributed by atoms with Gasteiger partial charge in [-0.3, -0.25) is 14.4 Å². The minimum atomic E-state index is -1.94. The minimum absolute atomic E-state index is 0.00408. The summed E-state index contributed by atoms with van der Waals surface area (Å²) in [7, 11) is 0. The van der Waals surface area contributed by atoms with Crippen molar-refractivity contribution in [3.05, 3.63) is 46.0 Å². The van der Waals surface area contributed by atoms with E-state index in [2.05, 4.69) is 0 Å². The van der Waals surface area contributed by atoms with E-state index in [0.29, 0.717) is 5.06 Å². The summed E-state index contributed by atoms with van der Waals surface area (Å²) in [5, 5.41) is 0.389. The van der Waals surface area contributed by atoms with Crippen LogP contribution >= 0.6 is 69.6 Å². The first-order valence-electron chi connectivity index (χ1n) is 7.46. The van der Waals surface area contributed by atoms with Crippen LogP contribution in [0.25, 0.3) is 0 Å². The molecule has 2 aliphatic carbocycles. The van der Waals surface area contributed by atoms with Gasteiger partial charge >= 0.3 is 0 Å². The molecule has 2 bridgehead atoms. The van der Waals surface area contributed by atoms with Crippen molar-refractivity contribution in [2.24, 2.45) is 11.8 Å². The van der Waals surface area contributed by atoms with Gasteiger partial charge in [0.1, 0.15) is 16.4 Å². The third-order valence-corrected chi connectivity index (χ3v) is 9.33. The number of hydroxylamine groups is 2. The Hall–Kier alpha value is -0.200. The van der Waals surface area contributed by atoms with Crippen LogP contribution in [0.15, 0.2) is 40.4 Å². The summed E-state index contributed by atoms with van der Waals surface area (Å²) in [6.45, 7) is 0.00408. The summed E-state index contributed by atoms with van der Waals surface area (Å²) in [6.07, 6.45) is 0. The highest BCUT2D eigenvalue weighted by Crippen LogP contribution is 2.77. The number of carbonyl (C=O) groups excluding carboxylic acids is 2. The lowest BCUT2D eigenvalue weighted by molar-refractivity contribution is -0.193. The Kier molecular flexibility index (Phi) is 4.34. The predicted molar refractivity (Wildman–Crippen MR) is 100 cm³/mol. The van der Waals surface area contributed by atoms with E-state index in [4.69, 9.17) is 74.4 Å². The zero-order valence-electron chi connectivity index (χ0n) is 12.7. The largest absolute Gasteiger partial charge is 0.272 e. The second-order valence-electron chi connectivity index (χ2n) is 6.31. The summed E-state index contributed by atoms with van der Waals surface area (Å²) < 4.78 is -1.94. The minimum Gasteiger partial charge on any atom is -0.272 e. The van der Waals surface area contributed by atoms with Gasteiger partial charge in [0.25, 0.3) is 11.8 Å². The average Bonchev–Trinajstić information content (AvgIpc) is 2.99. The number of amides is 2. The molecule has 4 nitrogen and oxygen atoms in total. The van der Waals surface area contributed by atoms with Gasteiger partial charge in [0.15, 0.2) is 4.33 Å². The van der Waals surface area contributed by atoms with Crippen LogP contribution in [0.3, 0.4) is 0 Å². The number of hydrogen-bond acceptors (Lipinski definition) is 3. The second kappa shape index (κ2) is 5.90. The van der Waals surface area contributed by atoms with E-state index < -0.39 is 37.7 Å². The highest BCUT2D eigenvalue weighted by Gasteiger charge is 2.87. The Morgan fingerprint density at radius 2 is 1.35 bits per heavy atom. The Labute approximate surface area is 178 Å². The molecule has 4 atom stereocenters. The van der Waals surface area contributed by atoms with Gasteiger partial charge in [0.05, 0.1) is 21.9 Å². The Bertz CT molecular complexity index is 813. The Morgan fingerprint density at radius 3 is 1.81 bits per heavy atom. The fourth-order valence-electron chi connectivity index (χ4n) is 3.81. The number of hydrogen-bond donors (Lipinski definition) is 0. The van der Waals surface area contributed by atoms with Crippen LogP contribution in [0.2, 0.25) is 0 Å². The smallest absolute Gasteiger partial charge is 0.259 e. The van der Waals surface area contributed by atoms with Crippen molar-refractivity contribution in [2.75, 3.05) is 0 Å². The van der Waals surface area contributed by atoms with Crippen molar-refractivity contribution in [2.45, 2.75) is 20.7 Å². The quantitative estimate of drug-likeness (QED) is 0.475. The molecular formula is C16H9Cl6NO3. The summed E-state index contributed by atoms with van der Waals surface area (Å²) >= 11 is 38.4. The van der Waals surface area contributed by atoms with Crippen LogP contribution in [0.4, 0.5) is 0 Å². The van der Waals surface area contributed by atoms with Crippen molar-refractivity contribution >= 4 is 81.4 Å². The molecule has 0 N–H and O–H groups in total. The molecule has 1 saturated heterocycles. The van der Waals surface area contributed by atoms with Gasteiger partial charge in [0.2, 0.25) is 0 Å². The third-order valence-electron chi connectivity index (χ3n) is 5.07. The molecule has 2 fully saturated rings. The zero-order valence-corrected chi connectivity index (χ0v) is 17.2. The fourth-order valence-corrected chi connectivity index (χ4v) is 6.74. The summed E-state index contributed by atoms with van der Waals surface area (Å²) in [4.78, 5) is 27.6. The van der Waals surface area contributed by atoms with Crippen LogP contribution in [-0.2, 0) is 21.0 Å². The fraction of sp³-hybridized carbons (Fsp3) is 0.375. The maximum atomic E-state index is 12.9. The molecule has 0 spiro atoms. The standard InChI is InChI=1S/C16H9Cl6NO3/c17-10-11(18)15(20)9-8(14(10,19)16(15,21)22)12(24)23(13(9)25)26-6-7-4-2-1-3-5-7/h1-5,8-9H,6H2/t8-,9+,14+,15-. The number of halogens is 6. The number of alkyl halides is 4. The molecule has 10 heteroatoms. The van der Waals surface area contributed by atoms with Crippen LogP contribution in [-0.4, -0.2) is 31.0 Å². The highest BCUT2D eigenvalue weighted by atomic mass is 35.5. The van der Waals surface area contributed by atoms with E-state index in [0.717, 1.165) is 5.56 Å². The molecular weight excluding hydrogens is 467 g/mol. The molecule has 1 aromatic carbocycles. The molecule has 1 aromatic rings. The maximum Gasteiger partial charge on any atom is 0.259 e. The van der Waals surface area contributed by atoms with Crippen LogP contribution in [0.1, 0.15) is 5.56 Å². The first-order valence-corrected chi connectivity index (χ1v) is 9.73. The topological polar surface area (TPSA) is 46.6 Å². The first kappa shape index (κ1) is 19.1. The summed E-state index contributed by atoms with van der Waals surface area (Å²) in [5.74, 6) is -3.78. The van der Waals surface area contributed by atoms with Crippen molar-refractivity contribution in [3.63, 3.8) is 0 Å². The monoisotopic (exact) mass is 473 g/mol. The average molecular weight is 476 g/mol. The molecule has 4 rings (SSSR count). The predicted octanol–water partition coefficient (Wildman–Crippen LogP) is 4.56. The number of benzene rings is 1. The molecule has 2 amide bonds. The van der Waals surface area contributed by atoms with E-state index in [1.807, 2.05) is 18.2 Å². The maximum absolute atomic E-state index is 12.9. The zero-order chi connectivity index (χ0) is 19.1. The van der Waals surface area contributed by atoms with Gasteiger partial charge in [-0.05, 0) is 5.56 Å². The molecule has 3 aliphatic rings. The molecule has 26 heavy (non-hydrogen) atoms. The van der Waals surface area contributed by atoms with E-state index in [1.54, 1.807) is 12.1 Å². The second-order valence-corrected chi connectivity index (χ2v) is 9.59. The van der Waals surface area contributed by atoms with Crippen molar-refractivity contribution < 1.29 is 14.4 Å². The number of nitrogens with zero attached hydrogens (tertiary/aromatic N) is 1. The molecule has 1 saturated carbocycles. The van der Waals surface area contributed by atoms with Crippen molar-refractivity contribution in [1.29, 1.82) is 0 Å². The van der Waals surface area contributed by atoms with Crippen molar-refractivity contribution in [1.82, 2.24) is 5.06 Å². The lowest BCUT2D eigenvalue weighted by Crippen LogP contribution is -2.49. The lowest BCUT2D eigenvalue weighted by Gasteiger charge is -2.34. The molecule has 138 valence electrons. The van der Waals surface area contributed by atoms with Gasteiger partial charge < -0.3 is 0 Å². The number of fused-ring (bicyclic) bond motifs is 5. The molecule has 1 heterocycles. The highest BCUT2D eigenvalue weighted by molar-refractivity contribution is 6.66. The normalized spacial score (nSPS) is 37.7. The molecule has 1 aliphatic heterocycles. The first-order chi connectivity index (χ1) is 12.1. The van der Waals surface area contributed by atoms with Crippen LogP contribution in [0, 0.1) is 11.8 Å². The molecule has 0 unspecified atom stereocenters. The Morgan fingerprint density at radius 1 is 0.885 bits per heavy atom. The Balaban J connectivity index is 1.70. The van der Waals surface area contributed by atoms with Gasteiger partial charge in [-0.25, -0.2) is 0 Å². The van der Waals surface area contributed by atoms with Gasteiger partial charge in [-0.1, -0.05) is 76.7 Å². The number of rotatable bonds is 3. The molecule has 0 radical (unpaired) electrons. The molecule has 0 aromatic heterocycles. The number of allylic oxidation sites excluding steroid dienone is 2. The van der Waals surface area contributed by atoms with Gasteiger partial charge in [-0.15, -0.1) is 23.2 Å². The lowest BCUT2D eigenvalue weighted by atomic mass is 9.84. The van der Waals surface area contributed by atoms with E-state index in [1.165, 1.54) is 0 Å². The van der Waals surface area contributed by atoms with Crippen LogP contribution in [0.5, 0.6) is 0 Å². The SMILES string of the molecule is O=C1[C@@H]2[C@H](C(=O)N1OCc1ccccc1)[C@]1(Cl)C(Cl)=C(Cl)[C@@]2(Cl)C1(Cl)Cl. The number of imide groups is 1. The van der Waals surface area contributed by atoms with Gasteiger partial charge in [-0.2, -0.15) is 5.06 Å². The van der Waals surface area contributed by atoms with Crippen molar-refractivity contribution in [3.8, 4) is 0 Å². The summed E-state index contributed by atoms with van der Waals surface area (Å²) in [6, 6.07) is 9.03. The van der Waals surface area contributed by atoms with E-state index in [9.17, 15) is 9.59 Å². The van der Waals surface area contributed by atoms with Crippen LogP contribution < -0.4 is 0 Å². The summed E-state index contributed by atoms with van der Waals surface area (Å²) in [5.41, 5.74) is 0.771. The van der Waals surface area contributed by atoms with E-state index in [-0.39, 0.29) is 16.7 Å². The number of carbonyl (C=O) groups is 2. The third kappa shape index (κ3) is 1.99. The van der Waals surface area contributed by atoms with E-state index >= 15 is 0 Å².